The molecule has 1 aromatic heterocycles. The van der Waals surface area contributed by atoms with Crippen LogP contribution in [0.15, 0.2) is 22.7 Å². The smallest absolute Gasteiger partial charge is 0.243 e. The van der Waals surface area contributed by atoms with Crippen LogP contribution in [0.4, 0.5) is 0 Å². The highest BCUT2D eigenvalue weighted by Gasteiger charge is 2.16. The molecule has 0 aliphatic rings. The van der Waals surface area contributed by atoms with Crippen LogP contribution >= 0.6 is 11.6 Å². The number of nitrogens with two attached hydrogens (primary N) is 1. The second kappa shape index (κ2) is 5.59. The molecule has 1 heterocycles. The third-order valence-corrected chi connectivity index (χ3v) is 2.61. The third kappa shape index (κ3) is 3.24. The van der Waals surface area contributed by atoms with E-state index in [-0.39, 0.29) is 12.1 Å². The first-order valence-electron chi connectivity index (χ1n) is 6.03. The Morgan fingerprint density at radius 2 is 2.05 bits per heavy atom. The van der Waals surface area contributed by atoms with Crippen LogP contribution in [0.25, 0.3) is 11.4 Å². The Labute approximate surface area is 116 Å². The maximum atomic E-state index is 6.01. The van der Waals surface area contributed by atoms with Crippen molar-refractivity contribution in [1.82, 2.24) is 10.1 Å². The van der Waals surface area contributed by atoms with E-state index in [0.717, 1.165) is 0 Å². The van der Waals surface area contributed by atoms with Crippen molar-refractivity contribution in [3.63, 3.8) is 0 Å². The minimum Gasteiger partial charge on any atom is -0.490 e. The van der Waals surface area contributed by atoms with Crippen LogP contribution in [0.2, 0.25) is 5.02 Å². The summed E-state index contributed by atoms with van der Waals surface area (Å²) in [4.78, 5) is 4.25. The Bertz CT molecular complexity index is 567. The van der Waals surface area contributed by atoms with Crippen molar-refractivity contribution in [2.45, 2.75) is 32.9 Å². The van der Waals surface area contributed by atoms with Crippen LogP contribution in [-0.4, -0.2) is 16.2 Å². The van der Waals surface area contributed by atoms with Gasteiger partial charge in [0, 0.05) is 5.02 Å². The zero-order valence-corrected chi connectivity index (χ0v) is 11.8. The van der Waals surface area contributed by atoms with Crippen LogP contribution in [0.1, 0.15) is 32.7 Å². The molecule has 6 heteroatoms. The summed E-state index contributed by atoms with van der Waals surface area (Å²) >= 11 is 6.01. The number of halogens is 1. The van der Waals surface area contributed by atoms with Crippen LogP contribution < -0.4 is 10.5 Å². The second-order valence-electron chi connectivity index (χ2n) is 4.55. The van der Waals surface area contributed by atoms with Crippen molar-refractivity contribution in [3.8, 4) is 17.1 Å². The third-order valence-electron chi connectivity index (χ3n) is 2.38. The van der Waals surface area contributed by atoms with Gasteiger partial charge in [-0.25, -0.2) is 0 Å². The molecule has 0 aliphatic carbocycles. The van der Waals surface area contributed by atoms with E-state index >= 15 is 0 Å². The van der Waals surface area contributed by atoms with Gasteiger partial charge in [-0.15, -0.1) is 0 Å². The minimum atomic E-state index is -0.310. The first kappa shape index (κ1) is 13.8. The maximum absolute atomic E-state index is 6.01. The first-order valence-corrected chi connectivity index (χ1v) is 6.41. The highest BCUT2D eigenvalue weighted by atomic mass is 35.5. The highest BCUT2D eigenvalue weighted by Crippen LogP contribution is 2.31. The molecular formula is C13H16ClN3O2. The monoisotopic (exact) mass is 281 g/mol. The Morgan fingerprint density at radius 1 is 1.32 bits per heavy atom. The summed E-state index contributed by atoms with van der Waals surface area (Å²) in [6, 6.07) is 4.99. The molecule has 0 aliphatic heterocycles. The molecule has 0 saturated heterocycles. The summed E-state index contributed by atoms with van der Waals surface area (Å²) in [6.07, 6.45) is 0.0414. The molecule has 0 fully saturated rings. The lowest BCUT2D eigenvalue weighted by Crippen LogP contribution is -2.07. The minimum absolute atomic E-state index is 0.0414. The van der Waals surface area contributed by atoms with Crippen molar-refractivity contribution >= 4 is 11.6 Å². The molecular weight excluding hydrogens is 266 g/mol. The predicted octanol–water partition coefficient (Wildman–Crippen LogP) is 3.20. The SMILES string of the molecule is CC(C)Oc1ccc(Cl)cc1-c1noc([C@H](C)N)n1. The fourth-order valence-electron chi connectivity index (χ4n) is 1.56. The van der Waals surface area contributed by atoms with Gasteiger partial charge in [0.25, 0.3) is 0 Å². The van der Waals surface area contributed by atoms with Gasteiger partial charge in [-0.3, -0.25) is 0 Å². The van der Waals surface area contributed by atoms with E-state index in [2.05, 4.69) is 10.1 Å². The second-order valence-corrected chi connectivity index (χ2v) is 4.99. The van der Waals surface area contributed by atoms with Gasteiger partial charge >= 0.3 is 0 Å². The molecule has 5 nitrogen and oxygen atoms in total. The van der Waals surface area contributed by atoms with E-state index < -0.39 is 0 Å². The number of hydrogen-bond donors (Lipinski definition) is 1. The van der Waals surface area contributed by atoms with E-state index in [0.29, 0.717) is 28.1 Å². The van der Waals surface area contributed by atoms with Crippen LogP contribution in [0, 0.1) is 0 Å². The number of aromatic nitrogens is 2. The van der Waals surface area contributed by atoms with E-state index in [1.807, 2.05) is 13.8 Å². The molecule has 0 saturated carbocycles. The Morgan fingerprint density at radius 3 is 2.63 bits per heavy atom. The number of ether oxygens (including phenoxy) is 1. The van der Waals surface area contributed by atoms with Gasteiger partial charge in [0.2, 0.25) is 11.7 Å². The summed E-state index contributed by atoms with van der Waals surface area (Å²) in [5.74, 6) is 1.47. The van der Waals surface area contributed by atoms with E-state index in [1.54, 1.807) is 25.1 Å². The summed E-state index contributed by atoms with van der Waals surface area (Å²) in [5, 5.41) is 4.49. The van der Waals surface area contributed by atoms with Crippen LogP contribution in [-0.2, 0) is 0 Å². The number of hydrogen-bond acceptors (Lipinski definition) is 5. The van der Waals surface area contributed by atoms with Gasteiger partial charge in [0.1, 0.15) is 5.75 Å². The normalized spacial score (nSPS) is 12.7. The standard InChI is InChI=1S/C13H16ClN3O2/c1-7(2)18-11-5-4-9(14)6-10(11)12-16-13(8(3)15)19-17-12/h4-8H,15H2,1-3H3/t8-/m0/s1. The summed E-state index contributed by atoms with van der Waals surface area (Å²) in [5.41, 5.74) is 6.39. The molecule has 1 atom stereocenters. The predicted molar refractivity (Wildman–Crippen MR) is 73.1 cm³/mol. The molecule has 0 bridgehead atoms. The van der Waals surface area contributed by atoms with Crippen molar-refractivity contribution in [2.75, 3.05) is 0 Å². The lowest BCUT2D eigenvalue weighted by atomic mass is 10.2. The molecule has 19 heavy (non-hydrogen) atoms. The molecule has 0 radical (unpaired) electrons. The van der Waals surface area contributed by atoms with Crippen molar-refractivity contribution in [2.24, 2.45) is 5.73 Å². The van der Waals surface area contributed by atoms with Crippen molar-refractivity contribution in [1.29, 1.82) is 0 Å². The molecule has 2 rings (SSSR count). The van der Waals surface area contributed by atoms with Gasteiger partial charge in [0.15, 0.2) is 0 Å². The maximum Gasteiger partial charge on any atom is 0.243 e. The zero-order valence-electron chi connectivity index (χ0n) is 11.1. The number of benzene rings is 1. The van der Waals surface area contributed by atoms with Gasteiger partial charge in [-0.2, -0.15) is 4.98 Å². The number of nitrogens with zero attached hydrogens (tertiary/aromatic N) is 2. The lowest BCUT2D eigenvalue weighted by Gasteiger charge is -2.12. The molecule has 0 spiro atoms. The highest BCUT2D eigenvalue weighted by molar-refractivity contribution is 6.30. The molecule has 2 N–H and O–H groups in total. The topological polar surface area (TPSA) is 74.2 Å². The number of rotatable bonds is 4. The molecule has 0 unspecified atom stereocenters. The molecule has 0 amide bonds. The van der Waals surface area contributed by atoms with E-state index in [9.17, 15) is 0 Å². The Balaban J connectivity index is 2.43. The molecule has 1 aromatic carbocycles. The summed E-state index contributed by atoms with van der Waals surface area (Å²) in [6.45, 7) is 5.67. The Hall–Kier alpha value is -1.59. The fourth-order valence-corrected chi connectivity index (χ4v) is 1.74. The average molecular weight is 282 g/mol. The Kier molecular flexibility index (Phi) is 4.07. The zero-order chi connectivity index (χ0) is 14.0. The molecule has 102 valence electrons. The average Bonchev–Trinajstić information content (AvgIpc) is 2.80. The summed E-state index contributed by atoms with van der Waals surface area (Å²) < 4.78 is 10.8. The van der Waals surface area contributed by atoms with Gasteiger partial charge in [-0.1, -0.05) is 16.8 Å². The largest absolute Gasteiger partial charge is 0.490 e. The van der Waals surface area contributed by atoms with Crippen LogP contribution in [0.5, 0.6) is 5.75 Å². The lowest BCUT2D eigenvalue weighted by molar-refractivity contribution is 0.243. The first-order chi connectivity index (χ1) is 8.97. The van der Waals surface area contributed by atoms with Gasteiger partial charge in [-0.05, 0) is 39.0 Å². The van der Waals surface area contributed by atoms with E-state index in [4.69, 9.17) is 26.6 Å². The van der Waals surface area contributed by atoms with Crippen molar-refractivity contribution in [3.05, 3.63) is 29.1 Å². The van der Waals surface area contributed by atoms with Gasteiger partial charge < -0.3 is 15.0 Å². The quantitative estimate of drug-likeness (QED) is 0.931. The molecule has 2 aromatic rings. The van der Waals surface area contributed by atoms with Crippen LogP contribution in [0.3, 0.4) is 0 Å². The van der Waals surface area contributed by atoms with Gasteiger partial charge in [0.05, 0.1) is 17.7 Å². The van der Waals surface area contributed by atoms with Crippen molar-refractivity contribution < 1.29 is 9.26 Å². The fraction of sp³-hybridized carbons (Fsp3) is 0.385. The van der Waals surface area contributed by atoms with E-state index in [1.165, 1.54) is 0 Å². The summed E-state index contributed by atoms with van der Waals surface area (Å²) in [7, 11) is 0.